The molecule has 1 aromatic heterocycles. The molecule has 3 aromatic rings. The first-order chi connectivity index (χ1) is 10.2. The van der Waals surface area contributed by atoms with E-state index in [0.717, 1.165) is 22.8 Å². The third kappa shape index (κ3) is 2.67. The smallest absolute Gasteiger partial charge is 0.0917 e. The lowest BCUT2D eigenvalue weighted by molar-refractivity contribution is 0.604. The van der Waals surface area contributed by atoms with E-state index in [4.69, 9.17) is 16.7 Å². The van der Waals surface area contributed by atoms with E-state index in [2.05, 4.69) is 42.6 Å². The van der Waals surface area contributed by atoms with Crippen LogP contribution < -0.4 is 5.32 Å². The quantitative estimate of drug-likeness (QED) is 0.791. The highest BCUT2D eigenvalue weighted by atomic mass is 35.5. The van der Waals surface area contributed by atoms with Gasteiger partial charge in [-0.3, -0.25) is 4.68 Å². The molecule has 0 bridgehead atoms. The summed E-state index contributed by atoms with van der Waals surface area (Å²) in [6, 6.07) is 16.3. The predicted molar refractivity (Wildman–Crippen MR) is 87.7 cm³/mol. The van der Waals surface area contributed by atoms with E-state index >= 15 is 0 Å². The Morgan fingerprint density at radius 1 is 1.14 bits per heavy atom. The van der Waals surface area contributed by atoms with Crippen LogP contribution in [0.15, 0.2) is 48.5 Å². The third-order valence-electron chi connectivity index (χ3n) is 3.67. The molecule has 0 aliphatic rings. The van der Waals surface area contributed by atoms with Crippen molar-refractivity contribution in [3.63, 3.8) is 0 Å². The van der Waals surface area contributed by atoms with Crippen LogP contribution >= 0.6 is 11.6 Å². The van der Waals surface area contributed by atoms with Crippen molar-refractivity contribution < 1.29 is 0 Å². The molecule has 0 aliphatic carbocycles. The van der Waals surface area contributed by atoms with Crippen molar-refractivity contribution in [3.8, 4) is 0 Å². The van der Waals surface area contributed by atoms with Gasteiger partial charge in [0, 0.05) is 17.5 Å². The number of nitrogens with zero attached hydrogens (tertiary/aromatic N) is 2. The van der Waals surface area contributed by atoms with Crippen molar-refractivity contribution in [1.29, 1.82) is 0 Å². The minimum atomic E-state index is 0.0679. The predicted octanol–water partition coefficient (Wildman–Crippen LogP) is 3.93. The van der Waals surface area contributed by atoms with Crippen molar-refractivity contribution in [2.75, 3.05) is 6.54 Å². The molecule has 1 N–H and O–H groups in total. The fourth-order valence-electron chi connectivity index (χ4n) is 2.69. The minimum absolute atomic E-state index is 0.0679. The van der Waals surface area contributed by atoms with Gasteiger partial charge in [-0.15, -0.1) is 0 Å². The number of fused-ring (bicyclic) bond motifs is 1. The van der Waals surface area contributed by atoms with Gasteiger partial charge in [0.15, 0.2) is 0 Å². The molecule has 1 heterocycles. The fraction of sp³-hybridized carbons (Fsp3) is 0.235. The first-order valence-corrected chi connectivity index (χ1v) is 7.49. The molecule has 1 unspecified atom stereocenters. The lowest BCUT2D eigenvalue weighted by Gasteiger charge is -2.17. The highest BCUT2D eigenvalue weighted by molar-refractivity contribution is 6.30. The Morgan fingerprint density at radius 3 is 2.57 bits per heavy atom. The molecule has 3 rings (SSSR count). The van der Waals surface area contributed by atoms with Crippen LogP contribution in [0, 0.1) is 0 Å². The maximum atomic E-state index is 6.00. The summed E-state index contributed by atoms with van der Waals surface area (Å²) < 4.78 is 1.94. The molecule has 0 amide bonds. The van der Waals surface area contributed by atoms with Crippen LogP contribution in [-0.4, -0.2) is 16.3 Å². The van der Waals surface area contributed by atoms with Crippen LogP contribution in [0.2, 0.25) is 5.02 Å². The summed E-state index contributed by atoms with van der Waals surface area (Å²) in [6.45, 7) is 2.98. The monoisotopic (exact) mass is 299 g/mol. The van der Waals surface area contributed by atoms with Gasteiger partial charge in [0.25, 0.3) is 0 Å². The van der Waals surface area contributed by atoms with Crippen molar-refractivity contribution in [2.24, 2.45) is 7.05 Å². The zero-order chi connectivity index (χ0) is 14.8. The third-order valence-corrected chi connectivity index (χ3v) is 3.92. The topological polar surface area (TPSA) is 29.9 Å². The molecule has 0 fully saturated rings. The Hall–Kier alpha value is -1.84. The number of para-hydroxylation sites is 1. The van der Waals surface area contributed by atoms with Gasteiger partial charge in [-0.2, -0.15) is 5.10 Å². The van der Waals surface area contributed by atoms with Crippen LogP contribution in [-0.2, 0) is 7.05 Å². The molecule has 1 atom stereocenters. The Labute approximate surface area is 129 Å². The fourth-order valence-corrected chi connectivity index (χ4v) is 2.81. The second kappa shape index (κ2) is 5.88. The number of rotatable bonds is 4. The van der Waals surface area contributed by atoms with Crippen molar-refractivity contribution in [3.05, 3.63) is 64.8 Å². The van der Waals surface area contributed by atoms with E-state index in [0.29, 0.717) is 0 Å². The molecule has 108 valence electrons. The zero-order valence-corrected chi connectivity index (χ0v) is 12.9. The summed E-state index contributed by atoms with van der Waals surface area (Å²) >= 11 is 6.00. The number of halogens is 1. The zero-order valence-electron chi connectivity index (χ0n) is 12.2. The number of aromatic nitrogens is 2. The lowest BCUT2D eigenvalue weighted by Crippen LogP contribution is -2.22. The van der Waals surface area contributed by atoms with Crippen LogP contribution in [0.3, 0.4) is 0 Å². The molecule has 0 aliphatic heterocycles. The molecule has 0 radical (unpaired) electrons. The van der Waals surface area contributed by atoms with Gasteiger partial charge < -0.3 is 5.32 Å². The molecule has 21 heavy (non-hydrogen) atoms. The van der Waals surface area contributed by atoms with Gasteiger partial charge in [-0.25, -0.2) is 0 Å². The lowest BCUT2D eigenvalue weighted by atomic mass is 10.0. The summed E-state index contributed by atoms with van der Waals surface area (Å²) in [4.78, 5) is 0. The van der Waals surface area contributed by atoms with E-state index in [-0.39, 0.29) is 6.04 Å². The van der Waals surface area contributed by atoms with Gasteiger partial charge in [-0.05, 0) is 30.3 Å². The molecular formula is C17H18ClN3. The van der Waals surface area contributed by atoms with Crippen LogP contribution in [0.5, 0.6) is 0 Å². The summed E-state index contributed by atoms with van der Waals surface area (Å²) in [7, 11) is 1.98. The van der Waals surface area contributed by atoms with Gasteiger partial charge in [0.2, 0.25) is 0 Å². The Kier molecular flexibility index (Phi) is 3.95. The standard InChI is InChI=1S/C17H18ClN3/c1-3-19-16(12-8-10-13(18)11-9-12)17-14-6-4-5-7-15(14)21(2)20-17/h4-11,16,19H,3H2,1-2H3. The van der Waals surface area contributed by atoms with E-state index in [1.54, 1.807) is 0 Å². The molecular weight excluding hydrogens is 282 g/mol. The largest absolute Gasteiger partial charge is 0.305 e. The second-order valence-electron chi connectivity index (χ2n) is 5.07. The maximum Gasteiger partial charge on any atom is 0.0917 e. The van der Waals surface area contributed by atoms with E-state index in [1.807, 2.05) is 29.9 Å². The minimum Gasteiger partial charge on any atom is -0.305 e. The van der Waals surface area contributed by atoms with E-state index in [9.17, 15) is 0 Å². The van der Waals surface area contributed by atoms with Crippen LogP contribution in [0.1, 0.15) is 24.2 Å². The summed E-state index contributed by atoms with van der Waals surface area (Å²) in [5, 5.41) is 10.2. The molecule has 0 spiro atoms. The number of hydrogen-bond donors (Lipinski definition) is 1. The van der Waals surface area contributed by atoms with Gasteiger partial charge >= 0.3 is 0 Å². The Balaban J connectivity index is 2.13. The Morgan fingerprint density at radius 2 is 1.86 bits per heavy atom. The molecule has 0 saturated heterocycles. The second-order valence-corrected chi connectivity index (χ2v) is 5.50. The van der Waals surface area contributed by atoms with Gasteiger partial charge in [-0.1, -0.05) is 48.9 Å². The molecule has 3 nitrogen and oxygen atoms in total. The van der Waals surface area contributed by atoms with Crippen LogP contribution in [0.25, 0.3) is 10.9 Å². The first kappa shape index (κ1) is 14.1. The molecule has 4 heteroatoms. The molecule has 2 aromatic carbocycles. The van der Waals surface area contributed by atoms with Crippen molar-refractivity contribution >= 4 is 22.5 Å². The van der Waals surface area contributed by atoms with Crippen molar-refractivity contribution in [2.45, 2.75) is 13.0 Å². The summed E-state index contributed by atoms with van der Waals surface area (Å²) in [5.74, 6) is 0. The number of nitrogens with one attached hydrogen (secondary N) is 1. The highest BCUT2D eigenvalue weighted by Gasteiger charge is 2.19. The normalized spacial score (nSPS) is 12.7. The average molecular weight is 300 g/mol. The van der Waals surface area contributed by atoms with Crippen molar-refractivity contribution in [1.82, 2.24) is 15.1 Å². The maximum absolute atomic E-state index is 6.00. The number of hydrogen-bond acceptors (Lipinski definition) is 2. The van der Waals surface area contributed by atoms with E-state index in [1.165, 1.54) is 10.9 Å². The number of benzene rings is 2. The van der Waals surface area contributed by atoms with Crippen LogP contribution in [0.4, 0.5) is 0 Å². The van der Waals surface area contributed by atoms with Gasteiger partial charge in [0.05, 0.1) is 17.3 Å². The number of aryl methyl sites for hydroxylation is 1. The van der Waals surface area contributed by atoms with Gasteiger partial charge in [0.1, 0.15) is 0 Å². The van der Waals surface area contributed by atoms with E-state index < -0.39 is 0 Å². The Bertz CT molecular complexity index is 746. The summed E-state index contributed by atoms with van der Waals surface area (Å²) in [5.41, 5.74) is 3.37. The molecule has 0 saturated carbocycles. The SMILES string of the molecule is CCNC(c1ccc(Cl)cc1)c1nn(C)c2ccccc12. The first-order valence-electron chi connectivity index (χ1n) is 7.11. The average Bonchev–Trinajstić information content (AvgIpc) is 2.84. The summed E-state index contributed by atoms with van der Waals surface area (Å²) in [6.07, 6.45) is 0. The highest BCUT2D eigenvalue weighted by Crippen LogP contribution is 2.28.